The van der Waals surface area contributed by atoms with Crippen molar-refractivity contribution in [1.82, 2.24) is 19.6 Å². The van der Waals surface area contributed by atoms with E-state index in [0.29, 0.717) is 19.8 Å². The van der Waals surface area contributed by atoms with Gasteiger partial charge in [0.25, 0.3) is 0 Å². The van der Waals surface area contributed by atoms with Crippen LogP contribution in [0.15, 0.2) is 18.7 Å². The molecule has 2 aromatic heterocycles. The maximum Gasteiger partial charge on any atom is 0.203 e. The van der Waals surface area contributed by atoms with E-state index >= 15 is 0 Å². The second-order valence-corrected chi connectivity index (χ2v) is 4.44. The molecule has 1 N–H and O–H groups in total. The summed E-state index contributed by atoms with van der Waals surface area (Å²) in [6, 6.07) is 0.271. The molecular formula is C12H19N5O2. The predicted molar refractivity (Wildman–Crippen MR) is 71.2 cm³/mol. The van der Waals surface area contributed by atoms with Crippen molar-refractivity contribution < 1.29 is 9.84 Å². The highest BCUT2D eigenvalue weighted by molar-refractivity contribution is 5.63. The van der Waals surface area contributed by atoms with Gasteiger partial charge in [-0.3, -0.25) is 4.40 Å². The van der Waals surface area contributed by atoms with E-state index in [4.69, 9.17) is 9.84 Å². The monoisotopic (exact) mass is 265 g/mol. The quantitative estimate of drug-likeness (QED) is 0.728. The van der Waals surface area contributed by atoms with E-state index in [1.807, 2.05) is 10.6 Å². The molecule has 0 aliphatic heterocycles. The highest BCUT2D eigenvalue weighted by atomic mass is 16.5. The molecule has 0 spiro atoms. The summed E-state index contributed by atoms with van der Waals surface area (Å²) in [5, 5.41) is 16.7. The summed E-state index contributed by atoms with van der Waals surface area (Å²) in [5.74, 6) is 0.794. The SMILES string of the molecule is CC(C)N(CCOCCO)c1nccn2cnnc12. The van der Waals surface area contributed by atoms with Crippen LogP contribution in [-0.2, 0) is 4.74 Å². The molecule has 7 heteroatoms. The molecular weight excluding hydrogens is 246 g/mol. The van der Waals surface area contributed by atoms with Gasteiger partial charge in [-0.2, -0.15) is 0 Å². The van der Waals surface area contributed by atoms with Gasteiger partial charge in [0.2, 0.25) is 5.65 Å². The lowest BCUT2D eigenvalue weighted by molar-refractivity contribution is 0.0960. The average molecular weight is 265 g/mol. The summed E-state index contributed by atoms with van der Waals surface area (Å²) >= 11 is 0. The second kappa shape index (κ2) is 6.44. The molecule has 2 rings (SSSR count). The predicted octanol–water partition coefficient (Wildman–Crippen LogP) is 0.348. The van der Waals surface area contributed by atoms with Crippen LogP contribution in [0, 0.1) is 0 Å². The van der Waals surface area contributed by atoms with Crippen LogP contribution in [0.2, 0.25) is 0 Å². The average Bonchev–Trinajstić information content (AvgIpc) is 2.87. The summed E-state index contributed by atoms with van der Waals surface area (Å²) in [7, 11) is 0. The van der Waals surface area contributed by atoms with Gasteiger partial charge in [-0.05, 0) is 13.8 Å². The van der Waals surface area contributed by atoms with Crippen molar-refractivity contribution in [3.8, 4) is 0 Å². The fourth-order valence-corrected chi connectivity index (χ4v) is 1.89. The molecule has 0 saturated heterocycles. The van der Waals surface area contributed by atoms with Gasteiger partial charge in [-0.25, -0.2) is 4.98 Å². The number of hydrogen-bond donors (Lipinski definition) is 1. The molecule has 0 fully saturated rings. The Morgan fingerprint density at radius 3 is 3.00 bits per heavy atom. The lowest BCUT2D eigenvalue weighted by atomic mass is 10.3. The molecule has 0 aliphatic rings. The molecule has 104 valence electrons. The van der Waals surface area contributed by atoms with E-state index in [1.165, 1.54) is 0 Å². The third kappa shape index (κ3) is 3.18. The summed E-state index contributed by atoms with van der Waals surface area (Å²) in [4.78, 5) is 6.51. The Hall–Kier alpha value is -1.73. The minimum absolute atomic E-state index is 0.0414. The number of anilines is 1. The molecule has 0 atom stereocenters. The summed E-state index contributed by atoms with van der Waals surface area (Å²) < 4.78 is 7.16. The van der Waals surface area contributed by atoms with Crippen LogP contribution >= 0.6 is 0 Å². The molecule has 0 aromatic carbocycles. The summed E-state index contributed by atoms with van der Waals surface area (Å²) in [5.41, 5.74) is 0.735. The molecule has 0 aliphatic carbocycles. The van der Waals surface area contributed by atoms with Gasteiger partial charge < -0.3 is 14.7 Å². The fourth-order valence-electron chi connectivity index (χ4n) is 1.89. The number of ether oxygens (including phenoxy) is 1. The van der Waals surface area contributed by atoms with Crippen molar-refractivity contribution in [1.29, 1.82) is 0 Å². The van der Waals surface area contributed by atoms with E-state index in [-0.39, 0.29) is 12.6 Å². The molecule has 2 aromatic rings. The van der Waals surface area contributed by atoms with Gasteiger partial charge >= 0.3 is 0 Å². The van der Waals surface area contributed by atoms with Gasteiger partial charge in [0.05, 0.1) is 19.8 Å². The van der Waals surface area contributed by atoms with Gasteiger partial charge in [-0.1, -0.05) is 0 Å². The van der Waals surface area contributed by atoms with Gasteiger partial charge in [0, 0.05) is 25.0 Å². The van der Waals surface area contributed by atoms with Crippen LogP contribution in [0.1, 0.15) is 13.8 Å². The van der Waals surface area contributed by atoms with Gasteiger partial charge in [0.1, 0.15) is 6.33 Å². The Balaban J connectivity index is 2.16. The minimum Gasteiger partial charge on any atom is -0.394 e. The largest absolute Gasteiger partial charge is 0.394 e. The third-order valence-corrected chi connectivity index (χ3v) is 2.80. The third-order valence-electron chi connectivity index (χ3n) is 2.80. The van der Waals surface area contributed by atoms with Crippen molar-refractivity contribution in [2.45, 2.75) is 19.9 Å². The second-order valence-electron chi connectivity index (χ2n) is 4.44. The summed E-state index contributed by atoms with van der Waals surface area (Å²) in [6.45, 7) is 5.81. The number of fused-ring (bicyclic) bond motifs is 1. The first-order valence-corrected chi connectivity index (χ1v) is 6.33. The van der Waals surface area contributed by atoms with E-state index in [1.54, 1.807) is 12.5 Å². The van der Waals surface area contributed by atoms with Crippen LogP contribution in [-0.4, -0.2) is 57.1 Å². The van der Waals surface area contributed by atoms with Crippen LogP contribution < -0.4 is 4.90 Å². The zero-order valence-electron chi connectivity index (χ0n) is 11.2. The lowest BCUT2D eigenvalue weighted by Gasteiger charge is -2.27. The Morgan fingerprint density at radius 2 is 2.26 bits per heavy atom. The van der Waals surface area contributed by atoms with E-state index in [9.17, 15) is 0 Å². The zero-order chi connectivity index (χ0) is 13.7. The highest BCUT2D eigenvalue weighted by Gasteiger charge is 2.16. The number of rotatable bonds is 7. The fraction of sp³-hybridized carbons (Fsp3) is 0.583. The Labute approximate surface area is 111 Å². The first-order chi connectivity index (χ1) is 9.24. The Kier molecular flexibility index (Phi) is 4.64. The van der Waals surface area contributed by atoms with Crippen LogP contribution in [0.5, 0.6) is 0 Å². The van der Waals surface area contributed by atoms with Gasteiger partial charge in [-0.15, -0.1) is 10.2 Å². The Morgan fingerprint density at radius 1 is 1.42 bits per heavy atom. The molecule has 0 saturated carbocycles. The van der Waals surface area contributed by atoms with E-state index in [2.05, 4.69) is 33.9 Å². The molecule has 0 radical (unpaired) electrons. The minimum atomic E-state index is 0.0414. The standard InChI is InChI=1S/C12H19N5O2/c1-10(2)17(5-7-19-8-6-18)11-12-15-14-9-16(12)4-3-13-11/h3-4,9-10,18H,5-8H2,1-2H3. The highest BCUT2D eigenvalue weighted by Crippen LogP contribution is 2.18. The smallest absolute Gasteiger partial charge is 0.203 e. The maximum atomic E-state index is 8.70. The normalized spacial score (nSPS) is 11.4. The topological polar surface area (TPSA) is 75.8 Å². The molecule has 7 nitrogen and oxygen atoms in total. The zero-order valence-corrected chi connectivity index (χ0v) is 11.2. The molecule has 2 heterocycles. The first kappa shape index (κ1) is 13.7. The Bertz CT molecular complexity index is 514. The van der Waals surface area contributed by atoms with Crippen molar-refractivity contribution in [2.24, 2.45) is 0 Å². The van der Waals surface area contributed by atoms with Crippen LogP contribution in [0.3, 0.4) is 0 Å². The van der Waals surface area contributed by atoms with Crippen molar-refractivity contribution in [3.05, 3.63) is 18.7 Å². The van der Waals surface area contributed by atoms with Gasteiger partial charge in [0.15, 0.2) is 5.82 Å². The van der Waals surface area contributed by atoms with E-state index < -0.39 is 0 Å². The lowest BCUT2D eigenvalue weighted by Crippen LogP contribution is -2.35. The molecule has 19 heavy (non-hydrogen) atoms. The molecule has 0 bridgehead atoms. The number of aliphatic hydroxyl groups is 1. The molecule has 0 amide bonds. The number of nitrogens with zero attached hydrogens (tertiary/aromatic N) is 5. The summed E-state index contributed by atoms with van der Waals surface area (Å²) in [6.07, 6.45) is 5.20. The van der Waals surface area contributed by atoms with Crippen molar-refractivity contribution in [3.63, 3.8) is 0 Å². The van der Waals surface area contributed by atoms with E-state index in [0.717, 1.165) is 11.5 Å². The van der Waals surface area contributed by atoms with Crippen molar-refractivity contribution >= 4 is 11.5 Å². The van der Waals surface area contributed by atoms with Crippen molar-refractivity contribution in [2.75, 3.05) is 31.3 Å². The number of aromatic nitrogens is 4. The number of hydrogen-bond acceptors (Lipinski definition) is 6. The number of aliphatic hydroxyl groups excluding tert-OH is 1. The van der Waals surface area contributed by atoms with Crippen LogP contribution in [0.4, 0.5) is 5.82 Å². The maximum absolute atomic E-state index is 8.70. The van der Waals surface area contributed by atoms with Crippen LogP contribution in [0.25, 0.3) is 5.65 Å². The molecule has 0 unspecified atom stereocenters. The first-order valence-electron chi connectivity index (χ1n) is 6.33.